The van der Waals surface area contributed by atoms with Gasteiger partial charge in [0.2, 0.25) is 0 Å². The van der Waals surface area contributed by atoms with Gasteiger partial charge in [0.15, 0.2) is 5.78 Å². The molecular weight excluding hydrogens is 272 g/mol. The van der Waals surface area contributed by atoms with Crippen LogP contribution in [0.1, 0.15) is 44.6 Å². The molecule has 0 bridgehead atoms. The second kappa shape index (κ2) is 6.67. The Morgan fingerprint density at radius 3 is 2.68 bits per heavy atom. The molecule has 0 N–H and O–H groups in total. The van der Waals surface area contributed by atoms with E-state index in [0.717, 1.165) is 12.8 Å². The van der Waals surface area contributed by atoms with Crippen molar-refractivity contribution in [2.75, 3.05) is 6.61 Å². The molecule has 0 heterocycles. The van der Waals surface area contributed by atoms with Gasteiger partial charge in [-0.15, -0.1) is 0 Å². The van der Waals surface area contributed by atoms with E-state index in [0.29, 0.717) is 37.3 Å². The zero-order valence-electron chi connectivity index (χ0n) is 13.3. The number of ketones is 1. The van der Waals surface area contributed by atoms with Crippen molar-refractivity contribution in [2.24, 2.45) is 17.3 Å². The summed E-state index contributed by atoms with van der Waals surface area (Å²) >= 11 is 0. The zero-order valence-corrected chi connectivity index (χ0v) is 13.3. The highest BCUT2D eigenvalue weighted by Crippen LogP contribution is 2.53. The van der Waals surface area contributed by atoms with Crippen molar-refractivity contribution in [3.8, 4) is 11.8 Å². The zero-order chi connectivity index (χ0) is 15.4. The molecule has 3 rings (SSSR count). The lowest BCUT2D eigenvalue weighted by Gasteiger charge is -2.09. The summed E-state index contributed by atoms with van der Waals surface area (Å²) in [5.41, 5.74) is 0.874. The van der Waals surface area contributed by atoms with E-state index >= 15 is 0 Å². The summed E-state index contributed by atoms with van der Waals surface area (Å²) in [6, 6.07) is 10.1. The van der Waals surface area contributed by atoms with Crippen LogP contribution in [0.3, 0.4) is 0 Å². The Morgan fingerprint density at radius 2 is 2.05 bits per heavy atom. The van der Waals surface area contributed by atoms with Crippen molar-refractivity contribution < 1.29 is 9.53 Å². The van der Waals surface area contributed by atoms with Gasteiger partial charge >= 0.3 is 0 Å². The molecule has 1 aromatic rings. The molecule has 0 radical (unpaired) electrons. The fourth-order valence-corrected chi connectivity index (χ4v) is 2.84. The number of rotatable bonds is 7. The summed E-state index contributed by atoms with van der Waals surface area (Å²) in [7, 11) is 0. The lowest BCUT2D eigenvalue weighted by molar-refractivity contribution is -0.123. The highest BCUT2D eigenvalue weighted by atomic mass is 16.5. The van der Waals surface area contributed by atoms with E-state index in [1.54, 1.807) is 0 Å². The molecule has 2 heteroatoms. The molecule has 0 unspecified atom stereocenters. The standard InChI is InChI=1S/C20H24O2/c1-16-14-20(16,12-11-17-9-10-17)19(21)8-5-13-22-15-18-6-3-2-4-7-18/h2-4,6-7,16-17H,5,8-10,13-15H2,1H3/t16-,20-/m1/s1. The van der Waals surface area contributed by atoms with Crippen molar-refractivity contribution in [2.45, 2.75) is 45.6 Å². The Labute approximate surface area is 133 Å². The van der Waals surface area contributed by atoms with Gasteiger partial charge < -0.3 is 4.74 Å². The first-order chi connectivity index (χ1) is 10.7. The summed E-state index contributed by atoms with van der Waals surface area (Å²) in [5, 5.41) is 0. The third-order valence-corrected chi connectivity index (χ3v) is 4.69. The van der Waals surface area contributed by atoms with Crippen LogP contribution in [0.2, 0.25) is 0 Å². The summed E-state index contributed by atoms with van der Waals surface area (Å²) in [4.78, 5) is 12.4. The van der Waals surface area contributed by atoms with Crippen LogP contribution in [-0.2, 0) is 16.1 Å². The van der Waals surface area contributed by atoms with Crippen molar-refractivity contribution >= 4 is 5.78 Å². The number of carbonyl (C=O) groups is 1. The van der Waals surface area contributed by atoms with E-state index in [1.807, 2.05) is 18.2 Å². The predicted molar refractivity (Wildman–Crippen MR) is 87.1 cm³/mol. The van der Waals surface area contributed by atoms with Crippen LogP contribution in [-0.4, -0.2) is 12.4 Å². The molecule has 2 nitrogen and oxygen atoms in total. The second-order valence-corrected chi connectivity index (χ2v) is 6.69. The highest BCUT2D eigenvalue weighted by molar-refractivity contribution is 5.91. The SMILES string of the molecule is C[C@@H]1C[C@@]1(C#CC1CC1)C(=O)CCCOCc1ccccc1. The molecule has 2 atom stereocenters. The third-order valence-electron chi connectivity index (χ3n) is 4.69. The minimum absolute atomic E-state index is 0.304. The van der Waals surface area contributed by atoms with E-state index in [2.05, 4.69) is 30.9 Å². The van der Waals surface area contributed by atoms with Crippen molar-refractivity contribution in [3.05, 3.63) is 35.9 Å². The van der Waals surface area contributed by atoms with Crippen molar-refractivity contribution in [1.29, 1.82) is 0 Å². The lowest BCUT2D eigenvalue weighted by Crippen LogP contribution is -2.16. The van der Waals surface area contributed by atoms with E-state index in [4.69, 9.17) is 4.74 Å². The lowest BCUT2D eigenvalue weighted by atomic mass is 9.95. The predicted octanol–water partition coefficient (Wildman–Crippen LogP) is 3.99. The van der Waals surface area contributed by atoms with Gasteiger partial charge in [-0.3, -0.25) is 4.79 Å². The number of Topliss-reactive ketones (excluding diaryl/α,β-unsaturated/α-hetero) is 1. The second-order valence-electron chi connectivity index (χ2n) is 6.69. The summed E-state index contributed by atoms with van der Waals surface area (Å²) < 4.78 is 5.65. The molecule has 116 valence electrons. The van der Waals surface area contributed by atoms with Gasteiger partial charge in [0.1, 0.15) is 0 Å². The van der Waals surface area contributed by atoms with Crippen LogP contribution in [0, 0.1) is 29.1 Å². The minimum atomic E-state index is -0.304. The van der Waals surface area contributed by atoms with Crippen LogP contribution in [0.5, 0.6) is 0 Å². The topological polar surface area (TPSA) is 26.3 Å². The van der Waals surface area contributed by atoms with Gasteiger partial charge in [0, 0.05) is 18.9 Å². The maximum Gasteiger partial charge on any atom is 0.151 e. The maximum atomic E-state index is 12.4. The first-order valence-corrected chi connectivity index (χ1v) is 8.38. The smallest absolute Gasteiger partial charge is 0.151 e. The molecule has 2 aliphatic rings. The van der Waals surface area contributed by atoms with E-state index < -0.39 is 0 Å². The van der Waals surface area contributed by atoms with Gasteiger partial charge in [-0.05, 0) is 37.2 Å². The van der Waals surface area contributed by atoms with Crippen LogP contribution < -0.4 is 0 Å². The molecule has 22 heavy (non-hydrogen) atoms. The number of hydrogen-bond acceptors (Lipinski definition) is 2. The van der Waals surface area contributed by atoms with Crippen molar-refractivity contribution in [3.63, 3.8) is 0 Å². The van der Waals surface area contributed by atoms with E-state index in [9.17, 15) is 4.79 Å². The summed E-state index contributed by atoms with van der Waals surface area (Å²) in [6.07, 6.45) is 4.79. The van der Waals surface area contributed by atoms with Gasteiger partial charge in [-0.1, -0.05) is 49.1 Å². The van der Waals surface area contributed by atoms with Gasteiger partial charge in [-0.2, -0.15) is 0 Å². The summed E-state index contributed by atoms with van der Waals surface area (Å²) in [6.45, 7) is 3.41. The maximum absolute atomic E-state index is 12.4. The Hall–Kier alpha value is -1.59. The van der Waals surface area contributed by atoms with Gasteiger partial charge in [0.05, 0.1) is 12.0 Å². The average Bonchev–Trinajstić information content (AvgIpc) is 3.43. The summed E-state index contributed by atoms with van der Waals surface area (Å²) in [5.74, 6) is 7.95. The average molecular weight is 296 g/mol. The normalized spacial score (nSPS) is 26.1. The Bertz CT molecular complexity index is 577. The molecule has 0 saturated heterocycles. The Morgan fingerprint density at radius 1 is 1.32 bits per heavy atom. The van der Waals surface area contributed by atoms with Gasteiger partial charge in [-0.25, -0.2) is 0 Å². The van der Waals surface area contributed by atoms with E-state index in [1.165, 1.54) is 18.4 Å². The monoisotopic (exact) mass is 296 g/mol. The number of benzene rings is 1. The molecule has 0 aromatic heterocycles. The number of carbonyl (C=O) groups excluding carboxylic acids is 1. The first-order valence-electron chi connectivity index (χ1n) is 8.38. The van der Waals surface area contributed by atoms with Crippen molar-refractivity contribution in [1.82, 2.24) is 0 Å². The molecule has 2 fully saturated rings. The molecule has 2 saturated carbocycles. The van der Waals surface area contributed by atoms with Gasteiger partial charge in [0.25, 0.3) is 0 Å². The first kappa shape index (κ1) is 15.3. The van der Waals surface area contributed by atoms with Crippen LogP contribution in [0.4, 0.5) is 0 Å². The fraction of sp³-hybridized carbons (Fsp3) is 0.550. The fourth-order valence-electron chi connectivity index (χ4n) is 2.84. The van der Waals surface area contributed by atoms with E-state index in [-0.39, 0.29) is 5.41 Å². The van der Waals surface area contributed by atoms with Crippen LogP contribution in [0.25, 0.3) is 0 Å². The highest BCUT2D eigenvalue weighted by Gasteiger charge is 2.55. The molecule has 0 aliphatic heterocycles. The Balaban J connectivity index is 1.38. The number of ether oxygens (including phenoxy) is 1. The molecule has 2 aliphatic carbocycles. The quantitative estimate of drug-likeness (QED) is 0.562. The Kier molecular flexibility index (Phi) is 4.64. The largest absolute Gasteiger partial charge is 0.377 e. The molecule has 0 spiro atoms. The number of hydrogen-bond donors (Lipinski definition) is 0. The minimum Gasteiger partial charge on any atom is -0.377 e. The van der Waals surface area contributed by atoms with Crippen LogP contribution >= 0.6 is 0 Å². The third kappa shape index (κ3) is 3.78. The molecule has 0 amide bonds. The van der Waals surface area contributed by atoms with Crippen LogP contribution in [0.15, 0.2) is 30.3 Å². The molecular formula is C20H24O2. The molecule has 1 aromatic carbocycles.